The van der Waals surface area contributed by atoms with E-state index >= 15 is 0 Å². The number of amidine groups is 1. The number of nitrogens with zero attached hydrogens (tertiary/aromatic N) is 2. The lowest BCUT2D eigenvalue weighted by atomic mass is 9.92. The van der Waals surface area contributed by atoms with Crippen LogP contribution in [0.5, 0.6) is 0 Å². The van der Waals surface area contributed by atoms with Gasteiger partial charge in [0, 0.05) is 28.8 Å². The third kappa shape index (κ3) is 5.25. The Morgan fingerprint density at radius 3 is 1.35 bits per heavy atom. The first kappa shape index (κ1) is 26.9. The van der Waals surface area contributed by atoms with Gasteiger partial charge in [0.15, 0.2) is 5.66 Å². The Morgan fingerprint density at radius 2 is 0.860 bits per heavy atom. The van der Waals surface area contributed by atoms with E-state index in [2.05, 4.69) is 127 Å². The van der Waals surface area contributed by atoms with Crippen molar-refractivity contribution < 1.29 is 0 Å². The first-order chi connectivity index (χ1) is 21.1. The molecule has 1 aliphatic heterocycles. The molecule has 3 nitrogen and oxygen atoms in total. The lowest BCUT2D eigenvalue weighted by Crippen LogP contribution is -2.45. The van der Waals surface area contributed by atoms with Crippen LogP contribution in [0.1, 0.15) is 16.7 Å². The molecule has 6 aromatic rings. The smallest absolute Gasteiger partial charge is 0.181 e. The van der Waals surface area contributed by atoms with Crippen molar-refractivity contribution in [2.45, 2.75) is 5.66 Å². The monoisotopic (exact) mass is 575 g/mol. The molecule has 4 heteroatoms. The van der Waals surface area contributed by atoms with Crippen molar-refractivity contribution in [3.05, 3.63) is 179 Å². The zero-order valence-corrected chi connectivity index (χ0v) is 24.5. The molecule has 0 aromatic heterocycles. The van der Waals surface area contributed by atoms with Gasteiger partial charge >= 0.3 is 0 Å². The average molecular weight is 576 g/mol. The summed E-state index contributed by atoms with van der Waals surface area (Å²) in [4.78, 5) is 5.39. The highest BCUT2D eigenvalue weighted by Gasteiger charge is 2.41. The summed E-state index contributed by atoms with van der Waals surface area (Å²) in [5, 5.41) is 2.66. The minimum Gasteiger partial charge on any atom is -0.292 e. The molecule has 0 spiro atoms. The molecule has 0 radical (unpaired) electrons. The van der Waals surface area contributed by atoms with Gasteiger partial charge in [-0.1, -0.05) is 133 Å². The second kappa shape index (κ2) is 11.4. The van der Waals surface area contributed by atoms with E-state index in [9.17, 15) is 0 Å². The molecule has 0 saturated carbocycles. The van der Waals surface area contributed by atoms with Crippen LogP contribution < -0.4 is 5.43 Å². The molecule has 0 unspecified atom stereocenters. The molecular weight excluding hydrogens is 546 g/mol. The van der Waals surface area contributed by atoms with Crippen LogP contribution >= 0.6 is 11.6 Å². The summed E-state index contributed by atoms with van der Waals surface area (Å²) < 4.78 is 0. The summed E-state index contributed by atoms with van der Waals surface area (Å²) >= 11 is 6.85. The molecule has 1 aliphatic rings. The van der Waals surface area contributed by atoms with Crippen LogP contribution in [0.15, 0.2) is 163 Å². The molecule has 6 aromatic carbocycles. The SMILES string of the molecule is CN1NC(c2ccccc2)(c2ccccc2)N=C1c1cc(Cl)cc(-c2cc(-c3ccccc3)cc(-c3ccccc3)c2)c1. The van der Waals surface area contributed by atoms with Gasteiger partial charge in [-0.2, -0.15) is 5.43 Å². The van der Waals surface area contributed by atoms with Crippen molar-refractivity contribution in [2.24, 2.45) is 4.99 Å². The number of rotatable bonds is 6. The molecular formula is C39H30ClN3. The van der Waals surface area contributed by atoms with Gasteiger partial charge in [-0.3, -0.25) is 5.01 Å². The molecule has 0 amide bonds. The van der Waals surface area contributed by atoms with Crippen LogP contribution in [0, 0.1) is 0 Å². The number of hydrogen-bond donors (Lipinski definition) is 1. The van der Waals surface area contributed by atoms with Gasteiger partial charge < -0.3 is 0 Å². The van der Waals surface area contributed by atoms with E-state index in [0.29, 0.717) is 5.02 Å². The first-order valence-electron chi connectivity index (χ1n) is 14.4. The van der Waals surface area contributed by atoms with E-state index in [1.54, 1.807) is 0 Å². The zero-order chi connectivity index (χ0) is 29.2. The third-order valence-corrected chi connectivity index (χ3v) is 8.16. The molecule has 0 bridgehead atoms. The molecule has 0 fully saturated rings. The molecule has 0 aliphatic carbocycles. The van der Waals surface area contributed by atoms with Crippen molar-refractivity contribution in [3.63, 3.8) is 0 Å². The molecule has 1 heterocycles. The van der Waals surface area contributed by atoms with E-state index < -0.39 is 5.66 Å². The van der Waals surface area contributed by atoms with Crippen LogP contribution in [0.2, 0.25) is 5.02 Å². The Hall–Kier alpha value is -4.96. The molecule has 7 rings (SSSR count). The second-order valence-corrected chi connectivity index (χ2v) is 11.2. The highest BCUT2D eigenvalue weighted by molar-refractivity contribution is 6.31. The lowest BCUT2D eigenvalue weighted by Gasteiger charge is -2.29. The van der Waals surface area contributed by atoms with E-state index in [4.69, 9.17) is 16.6 Å². The molecule has 43 heavy (non-hydrogen) atoms. The van der Waals surface area contributed by atoms with E-state index in [1.807, 2.05) is 48.5 Å². The maximum atomic E-state index is 6.85. The molecule has 0 saturated heterocycles. The zero-order valence-electron chi connectivity index (χ0n) is 23.8. The minimum atomic E-state index is -0.761. The van der Waals surface area contributed by atoms with Crippen LogP contribution in [0.4, 0.5) is 0 Å². The van der Waals surface area contributed by atoms with Gasteiger partial charge in [0.2, 0.25) is 0 Å². The fourth-order valence-corrected chi connectivity index (χ4v) is 6.11. The van der Waals surface area contributed by atoms with Crippen molar-refractivity contribution in [1.82, 2.24) is 10.4 Å². The minimum absolute atomic E-state index is 0.659. The maximum Gasteiger partial charge on any atom is 0.181 e. The largest absolute Gasteiger partial charge is 0.292 e. The van der Waals surface area contributed by atoms with E-state index in [0.717, 1.165) is 44.8 Å². The fourth-order valence-electron chi connectivity index (χ4n) is 5.87. The number of hydrogen-bond acceptors (Lipinski definition) is 3. The van der Waals surface area contributed by atoms with E-state index in [1.165, 1.54) is 11.1 Å². The Kier molecular flexibility index (Phi) is 7.12. The maximum absolute atomic E-state index is 6.85. The van der Waals surface area contributed by atoms with Crippen molar-refractivity contribution >= 4 is 17.4 Å². The van der Waals surface area contributed by atoms with Crippen molar-refractivity contribution in [2.75, 3.05) is 7.05 Å². The van der Waals surface area contributed by atoms with Gasteiger partial charge in [0.1, 0.15) is 5.84 Å². The Morgan fingerprint density at radius 1 is 0.488 bits per heavy atom. The Balaban J connectivity index is 1.38. The van der Waals surface area contributed by atoms with Crippen LogP contribution in [-0.4, -0.2) is 17.9 Å². The number of nitrogens with one attached hydrogen (secondary N) is 1. The van der Waals surface area contributed by atoms with Gasteiger partial charge in [-0.05, 0) is 69.8 Å². The van der Waals surface area contributed by atoms with Crippen molar-refractivity contribution in [1.29, 1.82) is 0 Å². The number of benzene rings is 6. The summed E-state index contributed by atoms with van der Waals surface area (Å²) in [5.41, 5.74) is 12.8. The topological polar surface area (TPSA) is 27.6 Å². The van der Waals surface area contributed by atoms with Crippen LogP contribution in [0.3, 0.4) is 0 Å². The molecule has 0 atom stereocenters. The number of halogens is 1. The van der Waals surface area contributed by atoms with Crippen molar-refractivity contribution in [3.8, 4) is 33.4 Å². The number of aliphatic imine (C=N–C) groups is 1. The van der Waals surface area contributed by atoms with Gasteiger partial charge in [0.05, 0.1) is 0 Å². The summed E-state index contributed by atoms with van der Waals surface area (Å²) in [6.07, 6.45) is 0. The normalized spacial score (nSPS) is 14.0. The standard InChI is InChI=1S/C39H30ClN3/c1-43-38(41-39(42-43,35-18-10-4-11-19-35)36-20-12-5-13-21-36)34-25-33(26-37(40)27-34)32-23-30(28-14-6-2-7-15-28)22-31(24-32)29-16-8-3-9-17-29/h2-27,42H,1H3. The number of hydrazine groups is 1. The van der Waals surface area contributed by atoms with Gasteiger partial charge in [0.25, 0.3) is 0 Å². The van der Waals surface area contributed by atoms with E-state index in [-0.39, 0.29) is 0 Å². The highest BCUT2D eigenvalue weighted by atomic mass is 35.5. The van der Waals surface area contributed by atoms with Crippen LogP contribution in [-0.2, 0) is 5.66 Å². The van der Waals surface area contributed by atoms with Gasteiger partial charge in [-0.15, -0.1) is 0 Å². The molecule has 1 N–H and O–H groups in total. The second-order valence-electron chi connectivity index (χ2n) is 10.8. The first-order valence-corrected chi connectivity index (χ1v) is 14.8. The lowest BCUT2D eigenvalue weighted by molar-refractivity contribution is 0.287. The van der Waals surface area contributed by atoms with Gasteiger partial charge in [-0.25, -0.2) is 4.99 Å². The Labute approximate surface area is 257 Å². The Bertz CT molecular complexity index is 1810. The average Bonchev–Trinajstić information content (AvgIpc) is 3.44. The summed E-state index contributed by atoms with van der Waals surface area (Å²) in [5.74, 6) is 0.818. The summed E-state index contributed by atoms with van der Waals surface area (Å²) in [7, 11) is 2.01. The summed E-state index contributed by atoms with van der Waals surface area (Å²) in [6, 6.07) is 54.7. The fraction of sp³-hybridized carbons (Fsp3) is 0.0513. The predicted molar refractivity (Wildman–Crippen MR) is 179 cm³/mol. The molecule has 208 valence electrons. The highest BCUT2D eigenvalue weighted by Crippen LogP contribution is 2.38. The van der Waals surface area contributed by atoms with Crippen LogP contribution in [0.25, 0.3) is 33.4 Å². The predicted octanol–water partition coefficient (Wildman–Crippen LogP) is 9.44. The third-order valence-electron chi connectivity index (χ3n) is 7.94. The quantitative estimate of drug-likeness (QED) is 0.214. The summed E-state index contributed by atoms with van der Waals surface area (Å²) in [6.45, 7) is 0.